The summed E-state index contributed by atoms with van der Waals surface area (Å²) in [6.07, 6.45) is 0.782. The zero-order chi connectivity index (χ0) is 17.4. The van der Waals surface area contributed by atoms with Gasteiger partial charge in [-0.05, 0) is 42.0 Å². The van der Waals surface area contributed by atoms with Crippen molar-refractivity contribution in [3.8, 4) is 11.1 Å². The van der Waals surface area contributed by atoms with Gasteiger partial charge in [-0.15, -0.1) is 0 Å². The Hall–Kier alpha value is -2.33. The molecule has 25 heavy (non-hydrogen) atoms. The maximum atomic E-state index is 12.5. The Morgan fingerprint density at radius 1 is 1.08 bits per heavy atom. The van der Waals surface area contributed by atoms with Crippen molar-refractivity contribution in [3.63, 3.8) is 0 Å². The number of fused-ring (bicyclic) bond motifs is 3. The van der Waals surface area contributed by atoms with Crippen LogP contribution in [0.25, 0.3) is 11.1 Å². The molecule has 0 unspecified atom stereocenters. The molecular weight excluding hydrogens is 314 g/mol. The van der Waals surface area contributed by atoms with Gasteiger partial charge in [0.1, 0.15) is 6.61 Å². The number of nitrogens with zero attached hydrogens (tertiary/aromatic N) is 1. The molecule has 2 aromatic carbocycles. The van der Waals surface area contributed by atoms with E-state index in [-0.39, 0.29) is 18.1 Å². The molecule has 0 bridgehead atoms. The van der Waals surface area contributed by atoms with Crippen LogP contribution in [0.15, 0.2) is 48.5 Å². The Balaban J connectivity index is 1.52. The molecule has 1 heterocycles. The van der Waals surface area contributed by atoms with E-state index in [1.54, 1.807) is 4.90 Å². The third-order valence-electron chi connectivity index (χ3n) is 5.43. The number of aliphatic hydroxyl groups is 1. The number of hydrogen-bond acceptors (Lipinski definition) is 3. The molecule has 4 nitrogen and oxygen atoms in total. The summed E-state index contributed by atoms with van der Waals surface area (Å²) in [6.45, 7) is 2.69. The smallest absolute Gasteiger partial charge is 0.410 e. The SMILES string of the molecule is C[C@@H]1CC[C@@H](O)CN1C(=O)OCC1c2ccccc2-c2ccccc21. The van der Waals surface area contributed by atoms with Crippen LogP contribution in [0.2, 0.25) is 0 Å². The van der Waals surface area contributed by atoms with Crippen LogP contribution in [0, 0.1) is 0 Å². The van der Waals surface area contributed by atoms with Gasteiger partial charge in [0.2, 0.25) is 0 Å². The van der Waals surface area contributed by atoms with E-state index in [4.69, 9.17) is 4.74 Å². The summed E-state index contributed by atoms with van der Waals surface area (Å²) in [4.78, 5) is 14.2. The minimum absolute atomic E-state index is 0.0707. The van der Waals surface area contributed by atoms with E-state index in [0.717, 1.165) is 12.8 Å². The lowest BCUT2D eigenvalue weighted by Crippen LogP contribution is -2.47. The first-order valence-corrected chi connectivity index (χ1v) is 8.95. The normalized spacial score (nSPS) is 22.4. The fraction of sp³-hybridized carbons (Fsp3) is 0.381. The van der Waals surface area contributed by atoms with E-state index in [2.05, 4.69) is 24.3 Å². The third-order valence-corrected chi connectivity index (χ3v) is 5.43. The zero-order valence-electron chi connectivity index (χ0n) is 14.4. The first kappa shape index (κ1) is 16.2. The van der Waals surface area contributed by atoms with Crippen LogP contribution in [0.4, 0.5) is 4.79 Å². The molecule has 2 aliphatic rings. The number of rotatable bonds is 2. The number of piperidine rings is 1. The molecule has 4 heteroatoms. The summed E-state index contributed by atoms with van der Waals surface area (Å²) in [5.74, 6) is 0.0707. The predicted octanol–water partition coefficient (Wildman–Crippen LogP) is 3.78. The molecule has 0 spiro atoms. The monoisotopic (exact) mass is 337 g/mol. The second kappa shape index (κ2) is 6.52. The summed E-state index contributed by atoms with van der Waals surface area (Å²) in [7, 11) is 0. The van der Waals surface area contributed by atoms with Gasteiger partial charge < -0.3 is 14.7 Å². The maximum Gasteiger partial charge on any atom is 0.410 e. The highest BCUT2D eigenvalue weighted by molar-refractivity contribution is 5.79. The third kappa shape index (κ3) is 2.91. The van der Waals surface area contributed by atoms with E-state index in [0.29, 0.717) is 13.2 Å². The van der Waals surface area contributed by atoms with E-state index in [1.165, 1.54) is 22.3 Å². The van der Waals surface area contributed by atoms with Crippen molar-refractivity contribution in [2.75, 3.05) is 13.2 Å². The van der Waals surface area contributed by atoms with Gasteiger partial charge in [0.15, 0.2) is 0 Å². The van der Waals surface area contributed by atoms with Gasteiger partial charge >= 0.3 is 6.09 Å². The summed E-state index contributed by atoms with van der Waals surface area (Å²) in [6, 6.07) is 16.7. The number of carbonyl (C=O) groups excluding carboxylic acids is 1. The van der Waals surface area contributed by atoms with Gasteiger partial charge in [-0.1, -0.05) is 48.5 Å². The maximum absolute atomic E-state index is 12.5. The van der Waals surface area contributed by atoms with E-state index >= 15 is 0 Å². The highest BCUT2D eigenvalue weighted by Gasteiger charge is 2.32. The Labute approximate surface area is 148 Å². The summed E-state index contributed by atoms with van der Waals surface area (Å²) in [5.41, 5.74) is 4.87. The Bertz CT molecular complexity index is 743. The molecule has 1 aliphatic heterocycles. The first-order chi connectivity index (χ1) is 12.1. The quantitative estimate of drug-likeness (QED) is 0.907. The van der Waals surface area contributed by atoms with Crippen molar-refractivity contribution < 1.29 is 14.6 Å². The van der Waals surface area contributed by atoms with Crippen molar-refractivity contribution in [2.24, 2.45) is 0 Å². The van der Waals surface area contributed by atoms with Crippen molar-refractivity contribution in [1.82, 2.24) is 4.90 Å². The first-order valence-electron chi connectivity index (χ1n) is 8.95. The average molecular weight is 337 g/mol. The fourth-order valence-electron chi connectivity index (χ4n) is 4.02. The van der Waals surface area contributed by atoms with Crippen molar-refractivity contribution in [2.45, 2.75) is 37.8 Å². The van der Waals surface area contributed by atoms with E-state index in [1.807, 2.05) is 31.2 Å². The second-order valence-corrected chi connectivity index (χ2v) is 7.04. The molecule has 4 rings (SSSR count). The van der Waals surface area contributed by atoms with Gasteiger partial charge in [-0.2, -0.15) is 0 Å². The summed E-state index contributed by atoms with van der Waals surface area (Å²) < 4.78 is 5.67. The largest absolute Gasteiger partial charge is 0.448 e. The number of ether oxygens (including phenoxy) is 1. The van der Waals surface area contributed by atoms with Crippen LogP contribution in [-0.2, 0) is 4.74 Å². The highest BCUT2D eigenvalue weighted by Crippen LogP contribution is 2.44. The van der Waals surface area contributed by atoms with Gasteiger partial charge in [0.25, 0.3) is 0 Å². The molecule has 1 amide bonds. The molecule has 1 saturated heterocycles. The topological polar surface area (TPSA) is 49.8 Å². The second-order valence-electron chi connectivity index (χ2n) is 7.04. The molecule has 1 fully saturated rings. The number of hydrogen-bond donors (Lipinski definition) is 1. The Morgan fingerprint density at radius 2 is 1.68 bits per heavy atom. The molecular formula is C21H23NO3. The molecule has 1 N–H and O–H groups in total. The average Bonchev–Trinajstić information content (AvgIpc) is 2.96. The number of likely N-dealkylation sites (tertiary alicyclic amines) is 1. The Morgan fingerprint density at radius 3 is 2.32 bits per heavy atom. The van der Waals surface area contributed by atoms with Gasteiger partial charge in [0.05, 0.1) is 12.6 Å². The minimum Gasteiger partial charge on any atom is -0.448 e. The molecule has 130 valence electrons. The van der Waals surface area contributed by atoms with Crippen molar-refractivity contribution >= 4 is 6.09 Å². The number of carbonyl (C=O) groups is 1. The van der Waals surface area contributed by atoms with Gasteiger partial charge in [-0.3, -0.25) is 0 Å². The minimum atomic E-state index is -0.448. The predicted molar refractivity (Wildman–Crippen MR) is 96.5 cm³/mol. The van der Waals surface area contributed by atoms with Crippen LogP contribution < -0.4 is 0 Å². The molecule has 0 saturated carbocycles. The molecule has 0 aromatic heterocycles. The summed E-state index contributed by atoms with van der Waals surface area (Å²) >= 11 is 0. The fourth-order valence-corrected chi connectivity index (χ4v) is 4.02. The lowest BCUT2D eigenvalue weighted by Gasteiger charge is -2.35. The lowest BCUT2D eigenvalue weighted by atomic mass is 9.98. The molecule has 0 radical (unpaired) electrons. The number of aliphatic hydroxyl groups excluding tert-OH is 1. The molecule has 2 aromatic rings. The van der Waals surface area contributed by atoms with E-state index in [9.17, 15) is 9.90 Å². The molecule has 2 atom stereocenters. The van der Waals surface area contributed by atoms with Crippen LogP contribution >= 0.6 is 0 Å². The van der Waals surface area contributed by atoms with Gasteiger partial charge in [0, 0.05) is 12.0 Å². The van der Waals surface area contributed by atoms with Crippen LogP contribution in [0.5, 0.6) is 0 Å². The van der Waals surface area contributed by atoms with Crippen LogP contribution in [0.1, 0.15) is 36.8 Å². The van der Waals surface area contributed by atoms with E-state index < -0.39 is 6.10 Å². The standard InChI is InChI=1S/C21H23NO3/c1-14-10-11-15(23)12-22(14)21(24)25-13-20-18-8-4-2-6-16(18)17-7-3-5-9-19(17)20/h2-9,14-15,20,23H,10-13H2,1H3/t14-,15-/m1/s1. The summed E-state index contributed by atoms with van der Waals surface area (Å²) in [5, 5.41) is 9.84. The van der Waals surface area contributed by atoms with Gasteiger partial charge in [-0.25, -0.2) is 4.79 Å². The van der Waals surface area contributed by atoms with Crippen LogP contribution in [-0.4, -0.2) is 41.4 Å². The number of amides is 1. The van der Waals surface area contributed by atoms with Crippen LogP contribution in [0.3, 0.4) is 0 Å². The number of β-amino-alcohol motifs (C(OH)–C–C–N with tert-alkyl or cyclic N) is 1. The van der Waals surface area contributed by atoms with Crippen molar-refractivity contribution in [1.29, 1.82) is 0 Å². The Kier molecular flexibility index (Phi) is 4.22. The van der Waals surface area contributed by atoms with Crippen molar-refractivity contribution in [3.05, 3.63) is 59.7 Å². The lowest BCUT2D eigenvalue weighted by molar-refractivity contribution is 0.0266. The zero-order valence-corrected chi connectivity index (χ0v) is 14.4. The molecule has 1 aliphatic carbocycles. The number of benzene rings is 2. The highest BCUT2D eigenvalue weighted by atomic mass is 16.6.